The molecule has 0 spiro atoms. The van der Waals surface area contributed by atoms with Crippen molar-refractivity contribution >= 4 is 17.5 Å². The maximum atomic E-state index is 12.1. The number of benzene rings is 1. The van der Waals surface area contributed by atoms with Gasteiger partial charge in [-0.1, -0.05) is 18.5 Å². The average Bonchev–Trinajstić information content (AvgIpc) is 2.36. The molecule has 0 aliphatic heterocycles. The van der Waals surface area contributed by atoms with Gasteiger partial charge in [0.2, 0.25) is 0 Å². The van der Waals surface area contributed by atoms with Crippen molar-refractivity contribution < 1.29 is 14.6 Å². The Hall–Kier alpha value is -1.26. The molecule has 1 aromatic carbocycles. The molecule has 1 aromatic rings. The zero-order chi connectivity index (χ0) is 15.1. The second-order valence-electron chi connectivity index (χ2n) is 4.97. The third-order valence-corrected chi connectivity index (χ3v) is 3.08. The van der Waals surface area contributed by atoms with Crippen molar-refractivity contribution in [2.45, 2.75) is 33.3 Å². The smallest absolute Gasteiger partial charge is 0.255 e. The Morgan fingerprint density at radius 1 is 1.45 bits per heavy atom. The summed E-state index contributed by atoms with van der Waals surface area (Å²) in [6, 6.07) is 4.96. The number of ether oxygens (including phenoxy) is 1. The molecule has 0 aliphatic rings. The lowest BCUT2D eigenvalue weighted by Crippen LogP contribution is -2.29. The van der Waals surface area contributed by atoms with Gasteiger partial charge in [0, 0.05) is 11.6 Å². The molecule has 1 rings (SSSR count). The Balaban J connectivity index is 2.67. The molecule has 0 heterocycles. The molecular weight excluding hydrogens is 278 g/mol. The number of hydrogen-bond acceptors (Lipinski definition) is 3. The van der Waals surface area contributed by atoms with Crippen LogP contribution in [0.15, 0.2) is 18.2 Å². The first-order valence-corrected chi connectivity index (χ1v) is 7.20. The van der Waals surface area contributed by atoms with E-state index in [1.807, 2.05) is 13.8 Å². The summed E-state index contributed by atoms with van der Waals surface area (Å²) in [6.45, 7) is 6.56. The van der Waals surface area contributed by atoms with E-state index in [0.29, 0.717) is 35.9 Å². The molecular formula is C15H22ClNO3. The van der Waals surface area contributed by atoms with Gasteiger partial charge < -0.3 is 15.2 Å². The van der Waals surface area contributed by atoms with E-state index < -0.39 is 0 Å². The number of aliphatic hydroxyl groups is 1. The first-order valence-electron chi connectivity index (χ1n) is 6.82. The number of rotatable bonds is 7. The van der Waals surface area contributed by atoms with E-state index in [4.69, 9.17) is 16.3 Å². The molecule has 0 bridgehead atoms. The highest BCUT2D eigenvalue weighted by Gasteiger charge is 2.14. The summed E-state index contributed by atoms with van der Waals surface area (Å²) in [7, 11) is 0. The van der Waals surface area contributed by atoms with E-state index in [1.165, 1.54) is 0 Å². The standard InChI is InChI=1S/C15H22ClNO3/c1-4-20-14-8-12(16)5-6-13(14)15(19)17-9-10(2)7-11(3)18/h5-6,8,10-11,18H,4,7,9H2,1-3H3,(H,17,19). The second-order valence-corrected chi connectivity index (χ2v) is 5.41. The van der Waals surface area contributed by atoms with Gasteiger partial charge in [-0.3, -0.25) is 4.79 Å². The van der Waals surface area contributed by atoms with Crippen LogP contribution in [-0.4, -0.2) is 30.3 Å². The molecule has 112 valence electrons. The van der Waals surface area contributed by atoms with Crippen molar-refractivity contribution in [2.75, 3.05) is 13.2 Å². The summed E-state index contributed by atoms with van der Waals surface area (Å²) in [5.74, 6) is 0.505. The summed E-state index contributed by atoms with van der Waals surface area (Å²) in [5.41, 5.74) is 0.473. The summed E-state index contributed by atoms with van der Waals surface area (Å²) in [5, 5.41) is 12.7. The lowest BCUT2D eigenvalue weighted by molar-refractivity contribution is 0.0935. The Morgan fingerprint density at radius 2 is 2.15 bits per heavy atom. The van der Waals surface area contributed by atoms with E-state index in [0.717, 1.165) is 0 Å². The highest BCUT2D eigenvalue weighted by molar-refractivity contribution is 6.30. The van der Waals surface area contributed by atoms with Crippen LogP contribution in [0.4, 0.5) is 0 Å². The number of hydrogen-bond donors (Lipinski definition) is 2. The Bertz CT molecular complexity index is 449. The minimum Gasteiger partial charge on any atom is -0.493 e. The van der Waals surface area contributed by atoms with Gasteiger partial charge in [-0.15, -0.1) is 0 Å². The van der Waals surface area contributed by atoms with Crippen LogP contribution in [0.3, 0.4) is 0 Å². The monoisotopic (exact) mass is 299 g/mol. The van der Waals surface area contributed by atoms with E-state index in [9.17, 15) is 9.90 Å². The number of nitrogens with one attached hydrogen (secondary N) is 1. The van der Waals surface area contributed by atoms with Crippen LogP contribution < -0.4 is 10.1 Å². The summed E-state index contributed by atoms with van der Waals surface area (Å²) in [4.78, 5) is 12.1. The van der Waals surface area contributed by atoms with Crippen LogP contribution >= 0.6 is 11.6 Å². The maximum absolute atomic E-state index is 12.1. The minimum atomic E-state index is -0.364. The Labute approximate surface area is 125 Å². The SMILES string of the molecule is CCOc1cc(Cl)ccc1C(=O)NCC(C)CC(C)O. The normalized spacial score (nSPS) is 13.7. The number of carbonyl (C=O) groups is 1. The molecule has 0 saturated heterocycles. The highest BCUT2D eigenvalue weighted by Crippen LogP contribution is 2.23. The van der Waals surface area contributed by atoms with Gasteiger partial charge in [-0.05, 0) is 44.4 Å². The van der Waals surface area contributed by atoms with Crippen LogP contribution in [0.2, 0.25) is 5.02 Å². The van der Waals surface area contributed by atoms with Crippen molar-refractivity contribution in [3.63, 3.8) is 0 Å². The molecule has 5 heteroatoms. The van der Waals surface area contributed by atoms with Crippen molar-refractivity contribution in [1.29, 1.82) is 0 Å². The second kappa shape index (κ2) is 8.12. The summed E-state index contributed by atoms with van der Waals surface area (Å²) in [6.07, 6.45) is 0.288. The highest BCUT2D eigenvalue weighted by atomic mass is 35.5. The first-order chi connectivity index (χ1) is 9.43. The predicted molar refractivity (Wildman–Crippen MR) is 80.4 cm³/mol. The molecule has 0 saturated carbocycles. The molecule has 2 N–H and O–H groups in total. The van der Waals surface area contributed by atoms with Crippen LogP contribution in [0.5, 0.6) is 5.75 Å². The van der Waals surface area contributed by atoms with Crippen molar-refractivity contribution in [3.8, 4) is 5.75 Å². The van der Waals surface area contributed by atoms with E-state index in [1.54, 1.807) is 25.1 Å². The number of aliphatic hydroxyl groups excluding tert-OH is 1. The van der Waals surface area contributed by atoms with E-state index in [-0.39, 0.29) is 17.9 Å². The van der Waals surface area contributed by atoms with Gasteiger partial charge in [-0.25, -0.2) is 0 Å². The van der Waals surface area contributed by atoms with Crippen LogP contribution in [-0.2, 0) is 0 Å². The lowest BCUT2D eigenvalue weighted by Gasteiger charge is -2.15. The fourth-order valence-electron chi connectivity index (χ4n) is 1.99. The molecule has 0 fully saturated rings. The van der Waals surface area contributed by atoms with Crippen molar-refractivity contribution in [1.82, 2.24) is 5.32 Å². The first kappa shape index (κ1) is 16.8. The maximum Gasteiger partial charge on any atom is 0.255 e. The molecule has 20 heavy (non-hydrogen) atoms. The fraction of sp³-hybridized carbons (Fsp3) is 0.533. The van der Waals surface area contributed by atoms with Gasteiger partial charge in [0.1, 0.15) is 5.75 Å². The van der Waals surface area contributed by atoms with Crippen LogP contribution in [0.1, 0.15) is 37.6 Å². The van der Waals surface area contributed by atoms with E-state index in [2.05, 4.69) is 5.32 Å². The van der Waals surface area contributed by atoms with Crippen molar-refractivity contribution in [2.24, 2.45) is 5.92 Å². The van der Waals surface area contributed by atoms with Crippen molar-refractivity contribution in [3.05, 3.63) is 28.8 Å². The average molecular weight is 300 g/mol. The van der Waals surface area contributed by atoms with E-state index >= 15 is 0 Å². The number of carbonyl (C=O) groups excluding carboxylic acids is 1. The lowest BCUT2D eigenvalue weighted by atomic mass is 10.0. The molecule has 1 amide bonds. The van der Waals surface area contributed by atoms with Gasteiger partial charge in [0.25, 0.3) is 5.91 Å². The molecule has 0 aromatic heterocycles. The van der Waals surface area contributed by atoms with Crippen LogP contribution in [0, 0.1) is 5.92 Å². The molecule has 0 radical (unpaired) electrons. The van der Waals surface area contributed by atoms with Gasteiger partial charge in [0.05, 0.1) is 18.3 Å². The third-order valence-electron chi connectivity index (χ3n) is 2.84. The summed E-state index contributed by atoms with van der Waals surface area (Å²) < 4.78 is 5.43. The predicted octanol–water partition coefficient (Wildman–Crippen LogP) is 2.88. The Kier molecular flexibility index (Phi) is 6.82. The van der Waals surface area contributed by atoms with Gasteiger partial charge in [0.15, 0.2) is 0 Å². The fourth-order valence-corrected chi connectivity index (χ4v) is 2.15. The summed E-state index contributed by atoms with van der Waals surface area (Å²) >= 11 is 5.90. The quantitative estimate of drug-likeness (QED) is 0.814. The Morgan fingerprint density at radius 3 is 2.75 bits per heavy atom. The zero-order valence-electron chi connectivity index (χ0n) is 12.1. The molecule has 0 aliphatic carbocycles. The van der Waals surface area contributed by atoms with Gasteiger partial charge >= 0.3 is 0 Å². The molecule has 2 atom stereocenters. The number of halogens is 1. The topological polar surface area (TPSA) is 58.6 Å². The number of amides is 1. The third kappa shape index (κ3) is 5.39. The molecule has 2 unspecified atom stereocenters. The van der Waals surface area contributed by atoms with Gasteiger partial charge in [-0.2, -0.15) is 0 Å². The largest absolute Gasteiger partial charge is 0.493 e. The minimum absolute atomic E-state index is 0.192. The zero-order valence-corrected chi connectivity index (χ0v) is 12.9. The van der Waals surface area contributed by atoms with Crippen LogP contribution in [0.25, 0.3) is 0 Å². The molecule has 4 nitrogen and oxygen atoms in total.